The van der Waals surface area contributed by atoms with Gasteiger partial charge in [-0.1, -0.05) is 30.3 Å². The number of carboxylic acid groups (broad SMARTS) is 1. The van der Waals surface area contributed by atoms with E-state index in [2.05, 4.69) is 9.88 Å². The predicted molar refractivity (Wildman–Crippen MR) is 113 cm³/mol. The molecule has 30 heavy (non-hydrogen) atoms. The van der Waals surface area contributed by atoms with E-state index in [0.29, 0.717) is 12.0 Å². The highest BCUT2D eigenvalue weighted by Gasteiger charge is 2.25. The van der Waals surface area contributed by atoms with Gasteiger partial charge in [-0.25, -0.2) is 9.78 Å². The Kier molecular flexibility index (Phi) is 6.14. The van der Waals surface area contributed by atoms with Crippen LogP contribution in [0.5, 0.6) is 5.75 Å². The zero-order valence-corrected chi connectivity index (χ0v) is 17.1. The summed E-state index contributed by atoms with van der Waals surface area (Å²) in [5.74, 6) is 1.87. The summed E-state index contributed by atoms with van der Waals surface area (Å²) in [7, 11) is 1.68. The van der Waals surface area contributed by atoms with E-state index in [1.807, 2.05) is 42.6 Å². The number of piperidine rings is 1. The molecule has 1 aliphatic rings. The van der Waals surface area contributed by atoms with Gasteiger partial charge in [-0.05, 0) is 43.1 Å². The lowest BCUT2D eigenvalue weighted by atomic mass is 9.97. The molecule has 1 atom stereocenters. The third kappa shape index (κ3) is 4.71. The van der Waals surface area contributed by atoms with Crippen LogP contribution in [0.15, 0.2) is 59.1 Å². The Morgan fingerprint density at radius 1 is 1.23 bits per heavy atom. The minimum atomic E-state index is -0.896. The van der Waals surface area contributed by atoms with Gasteiger partial charge in [0.25, 0.3) is 0 Å². The number of para-hydroxylation sites is 1. The molecule has 0 saturated carbocycles. The molecule has 0 amide bonds. The van der Waals surface area contributed by atoms with Gasteiger partial charge in [-0.15, -0.1) is 0 Å². The lowest BCUT2D eigenvalue weighted by Crippen LogP contribution is -2.34. The smallest absolute Gasteiger partial charge is 0.335 e. The maximum atomic E-state index is 11.0. The first kappa shape index (κ1) is 20.2. The average Bonchev–Trinajstić information content (AvgIpc) is 3.23. The lowest BCUT2D eigenvalue weighted by molar-refractivity contribution is 0.0697. The Morgan fingerprint density at radius 2 is 2.03 bits per heavy atom. The van der Waals surface area contributed by atoms with Crippen LogP contribution in [0.1, 0.15) is 51.9 Å². The molecule has 4 rings (SSSR count). The van der Waals surface area contributed by atoms with Gasteiger partial charge in [0, 0.05) is 31.0 Å². The summed E-state index contributed by atoms with van der Waals surface area (Å²) in [5, 5.41) is 9.05. The molecule has 1 N–H and O–H groups in total. The molecule has 1 saturated heterocycles. The van der Waals surface area contributed by atoms with E-state index in [1.165, 1.54) is 0 Å². The lowest BCUT2D eigenvalue weighted by Gasteiger charge is -2.31. The molecule has 6 heteroatoms. The summed E-state index contributed by atoms with van der Waals surface area (Å²) >= 11 is 0. The van der Waals surface area contributed by atoms with Crippen molar-refractivity contribution >= 4 is 5.97 Å². The zero-order chi connectivity index (χ0) is 20.9. The molecule has 0 aliphatic carbocycles. The summed E-state index contributed by atoms with van der Waals surface area (Å²) < 4.78 is 11.5. The van der Waals surface area contributed by atoms with Crippen molar-refractivity contribution in [3.05, 3.63) is 83.1 Å². The van der Waals surface area contributed by atoms with Gasteiger partial charge >= 0.3 is 5.97 Å². The number of oxazole rings is 1. The fourth-order valence-electron chi connectivity index (χ4n) is 4.04. The van der Waals surface area contributed by atoms with Crippen molar-refractivity contribution < 1.29 is 19.1 Å². The molecule has 2 aromatic carbocycles. The number of carboxylic acids is 1. The van der Waals surface area contributed by atoms with Gasteiger partial charge in [-0.2, -0.15) is 0 Å². The predicted octanol–water partition coefficient (Wildman–Crippen LogP) is 4.35. The SMILES string of the molecule is COc1ccccc1Cc1cnc([C@@H]2CCCN(Cc3ccc(C(=O)O)cc3)C2)o1. The van der Waals surface area contributed by atoms with Gasteiger partial charge in [-0.3, -0.25) is 4.90 Å². The maximum Gasteiger partial charge on any atom is 0.335 e. The number of benzene rings is 2. The molecular formula is C24H26N2O4. The number of aromatic nitrogens is 1. The van der Waals surface area contributed by atoms with Gasteiger partial charge in [0.1, 0.15) is 11.5 Å². The summed E-state index contributed by atoms with van der Waals surface area (Å²) in [6, 6.07) is 15.1. The van der Waals surface area contributed by atoms with Crippen LogP contribution in [0.25, 0.3) is 0 Å². The Hall–Kier alpha value is -3.12. The normalized spacial score (nSPS) is 17.0. The first-order chi connectivity index (χ1) is 14.6. The number of ether oxygens (including phenoxy) is 1. The number of nitrogens with zero attached hydrogens (tertiary/aromatic N) is 2. The molecule has 0 spiro atoms. The highest BCUT2D eigenvalue weighted by molar-refractivity contribution is 5.87. The van der Waals surface area contributed by atoms with Crippen molar-refractivity contribution in [2.75, 3.05) is 20.2 Å². The van der Waals surface area contributed by atoms with E-state index in [1.54, 1.807) is 19.2 Å². The number of aromatic carboxylic acids is 1. The van der Waals surface area contributed by atoms with Crippen LogP contribution in [0, 0.1) is 0 Å². The topological polar surface area (TPSA) is 75.8 Å². The Bertz CT molecular complexity index is 996. The number of hydrogen-bond donors (Lipinski definition) is 1. The van der Waals surface area contributed by atoms with Crippen LogP contribution < -0.4 is 4.74 Å². The van der Waals surface area contributed by atoms with Crippen molar-refractivity contribution in [2.45, 2.75) is 31.7 Å². The van der Waals surface area contributed by atoms with Gasteiger partial charge in [0.15, 0.2) is 5.89 Å². The monoisotopic (exact) mass is 406 g/mol. The Labute approximate surface area is 176 Å². The highest BCUT2D eigenvalue weighted by atomic mass is 16.5. The average molecular weight is 406 g/mol. The zero-order valence-electron chi connectivity index (χ0n) is 17.1. The van der Waals surface area contributed by atoms with E-state index in [9.17, 15) is 4.79 Å². The fourth-order valence-corrected chi connectivity index (χ4v) is 4.04. The number of rotatable bonds is 7. The minimum absolute atomic E-state index is 0.267. The first-order valence-electron chi connectivity index (χ1n) is 10.2. The van der Waals surface area contributed by atoms with E-state index >= 15 is 0 Å². The van der Waals surface area contributed by atoms with Gasteiger partial charge in [0.2, 0.25) is 0 Å². The quantitative estimate of drug-likeness (QED) is 0.629. The summed E-state index contributed by atoms with van der Waals surface area (Å²) in [5.41, 5.74) is 2.51. The highest BCUT2D eigenvalue weighted by Crippen LogP contribution is 2.29. The van der Waals surface area contributed by atoms with Crippen molar-refractivity contribution in [1.29, 1.82) is 0 Å². The molecule has 2 heterocycles. The first-order valence-corrected chi connectivity index (χ1v) is 10.2. The van der Waals surface area contributed by atoms with Crippen LogP contribution in [0.2, 0.25) is 0 Å². The van der Waals surface area contributed by atoms with E-state index < -0.39 is 5.97 Å². The maximum absolute atomic E-state index is 11.0. The summed E-state index contributed by atoms with van der Waals surface area (Å²) in [4.78, 5) is 18.0. The molecule has 1 aromatic heterocycles. The van der Waals surface area contributed by atoms with Gasteiger partial charge < -0.3 is 14.3 Å². The fraction of sp³-hybridized carbons (Fsp3) is 0.333. The number of hydrogen-bond acceptors (Lipinski definition) is 5. The molecule has 0 radical (unpaired) electrons. The molecule has 1 fully saturated rings. The third-order valence-electron chi connectivity index (χ3n) is 5.59. The number of likely N-dealkylation sites (tertiary alicyclic amines) is 1. The molecule has 0 unspecified atom stereocenters. The number of carbonyl (C=O) groups is 1. The van der Waals surface area contributed by atoms with Crippen LogP contribution in [0.4, 0.5) is 0 Å². The second kappa shape index (κ2) is 9.13. The molecule has 1 aliphatic heterocycles. The third-order valence-corrected chi connectivity index (χ3v) is 5.59. The Balaban J connectivity index is 1.39. The Morgan fingerprint density at radius 3 is 2.80 bits per heavy atom. The van der Waals surface area contributed by atoms with E-state index in [4.69, 9.17) is 14.3 Å². The molecule has 6 nitrogen and oxygen atoms in total. The van der Waals surface area contributed by atoms with E-state index in [0.717, 1.165) is 61.0 Å². The van der Waals surface area contributed by atoms with E-state index in [-0.39, 0.29) is 5.92 Å². The van der Waals surface area contributed by atoms with Gasteiger partial charge in [0.05, 0.1) is 18.9 Å². The largest absolute Gasteiger partial charge is 0.496 e. The second-order valence-corrected chi connectivity index (χ2v) is 7.73. The van der Waals surface area contributed by atoms with Crippen LogP contribution in [0.3, 0.4) is 0 Å². The van der Waals surface area contributed by atoms with Crippen LogP contribution in [-0.4, -0.2) is 41.2 Å². The number of methoxy groups -OCH3 is 1. The molecule has 0 bridgehead atoms. The molecule has 156 valence electrons. The van der Waals surface area contributed by atoms with Crippen molar-refractivity contribution in [1.82, 2.24) is 9.88 Å². The van der Waals surface area contributed by atoms with Crippen LogP contribution in [-0.2, 0) is 13.0 Å². The standard InChI is InChI=1S/C24H26N2O4/c1-29-22-7-3-2-5-19(22)13-21-14-25-23(30-21)20-6-4-12-26(16-20)15-17-8-10-18(11-9-17)24(27)28/h2-3,5,7-11,14,20H,4,6,12-13,15-16H2,1H3,(H,27,28)/t20-/m1/s1. The van der Waals surface area contributed by atoms with Crippen molar-refractivity contribution in [3.63, 3.8) is 0 Å². The molecular weight excluding hydrogens is 380 g/mol. The van der Waals surface area contributed by atoms with Crippen molar-refractivity contribution in [2.24, 2.45) is 0 Å². The summed E-state index contributed by atoms with van der Waals surface area (Å²) in [6.45, 7) is 2.70. The van der Waals surface area contributed by atoms with Crippen molar-refractivity contribution in [3.8, 4) is 5.75 Å². The second-order valence-electron chi connectivity index (χ2n) is 7.73. The summed E-state index contributed by atoms with van der Waals surface area (Å²) in [6.07, 6.45) is 4.62. The van der Waals surface area contributed by atoms with Crippen LogP contribution >= 0.6 is 0 Å². The molecule has 3 aromatic rings. The minimum Gasteiger partial charge on any atom is -0.496 e.